The Bertz CT molecular complexity index is 600. The van der Waals surface area contributed by atoms with Gasteiger partial charge >= 0.3 is 5.97 Å². The van der Waals surface area contributed by atoms with Gasteiger partial charge in [0.15, 0.2) is 0 Å². The minimum atomic E-state index is -0.723. The standard InChI is InChI=1S/C15H17NO3/c1-3-19-15(18)13(10(2)17)8-11-9-16-14-7-5-4-6-12(11)14/h4-7,9,13,16H,3,8H2,1-2H3. The Morgan fingerprint density at radius 2 is 2.05 bits per heavy atom. The summed E-state index contributed by atoms with van der Waals surface area (Å²) < 4.78 is 4.96. The van der Waals surface area contributed by atoms with Gasteiger partial charge in [0.2, 0.25) is 0 Å². The summed E-state index contributed by atoms with van der Waals surface area (Å²) in [4.78, 5) is 26.5. The van der Waals surface area contributed by atoms with Crippen molar-refractivity contribution in [3.05, 3.63) is 36.0 Å². The molecule has 1 N–H and O–H groups in total. The van der Waals surface area contributed by atoms with Crippen molar-refractivity contribution < 1.29 is 14.3 Å². The van der Waals surface area contributed by atoms with Crippen LogP contribution < -0.4 is 0 Å². The molecule has 1 unspecified atom stereocenters. The van der Waals surface area contributed by atoms with Gasteiger partial charge in [-0.1, -0.05) is 18.2 Å². The van der Waals surface area contributed by atoms with Gasteiger partial charge in [0.1, 0.15) is 11.7 Å². The summed E-state index contributed by atoms with van der Waals surface area (Å²) in [6.45, 7) is 3.45. The van der Waals surface area contributed by atoms with Crippen molar-refractivity contribution in [2.24, 2.45) is 5.92 Å². The lowest BCUT2D eigenvalue weighted by molar-refractivity contribution is -0.151. The van der Waals surface area contributed by atoms with E-state index >= 15 is 0 Å². The van der Waals surface area contributed by atoms with Crippen LogP contribution in [0.1, 0.15) is 19.4 Å². The van der Waals surface area contributed by atoms with Crippen LogP contribution in [0.25, 0.3) is 10.9 Å². The molecule has 0 aliphatic carbocycles. The summed E-state index contributed by atoms with van der Waals surface area (Å²) >= 11 is 0. The molecule has 0 fully saturated rings. The Balaban J connectivity index is 2.26. The van der Waals surface area contributed by atoms with Gasteiger partial charge in [-0.05, 0) is 31.9 Å². The number of carbonyl (C=O) groups is 2. The second-order valence-electron chi connectivity index (χ2n) is 4.48. The Morgan fingerprint density at radius 1 is 1.32 bits per heavy atom. The molecule has 100 valence electrons. The van der Waals surface area contributed by atoms with Crippen molar-refractivity contribution >= 4 is 22.7 Å². The number of Topliss-reactive ketones (excluding diaryl/α,β-unsaturated/α-hetero) is 1. The maximum atomic E-state index is 11.8. The number of carbonyl (C=O) groups excluding carboxylic acids is 2. The molecule has 0 aliphatic heterocycles. The molecule has 0 spiro atoms. The van der Waals surface area contributed by atoms with E-state index in [0.717, 1.165) is 16.5 Å². The van der Waals surface area contributed by atoms with E-state index in [-0.39, 0.29) is 12.4 Å². The predicted molar refractivity (Wildman–Crippen MR) is 72.8 cm³/mol. The van der Waals surface area contributed by atoms with E-state index in [1.54, 1.807) is 6.92 Å². The molecule has 4 nitrogen and oxygen atoms in total. The van der Waals surface area contributed by atoms with Crippen molar-refractivity contribution in [2.45, 2.75) is 20.3 Å². The molecule has 0 saturated heterocycles. The largest absolute Gasteiger partial charge is 0.465 e. The van der Waals surface area contributed by atoms with Gasteiger partial charge in [0, 0.05) is 17.1 Å². The van der Waals surface area contributed by atoms with E-state index in [1.165, 1.54) is 6.92 Å². The van der Waals surface area contributed by atoms with Crippen molar-refractivity contribution in [2.75, 3.05) is 6.61 Å². The predicted octanol–water partition coefficient (Wildman–Crippen LogP) is 2.48. The van der Waals surface area contributed by atoms with Gasteiger partial charge < -0.3 is 9.72 Å². The van der Waals surface area contributed by atoms with Crippen LogP contribution in [0.2, 0.25) is 0 Å². The van der Waals surface area contributed by atoms with Crippen molar-refractivity contribution in [1.82, 2.24) is 4.98 Å². The SMILES string of the molecule is CCOC(=O)C(Cc1c[nH]c2ccccc12)C(C)=O. The number of hydrogen-bond acceptors (Lipinski definition) is 3. The fourth-order valence-corrected chi connectivity index (χ4v) is 2.16. The molecule has 2 rings (SSSR count). The second-order valence-corrected chi connectivity index (χ2v) is 4.48. The molecule has 1 heterocycles. The van der Waals surface area contributed by atoms with Crippen molar-refractivity contribution in [3.63, 3.8) is 0 Å². The van der Waals surface area contributed by atoms with Gasteiger partial charge in [-0.3, -0.25) is 9.59 Å². The number of hydrogen-bond donors (Lipinski definition) is 1. The zero-order valence-electron chi connectivity index (χ0n) is 11.1. The minimum Gasteiger partial charge on any atom is -0.465 e. The van der Waals surface area contributed by atoms with Crippen LogP contribution >= 0.6 is 0 Å². The maximum absolute atomic E-state index is 11.8. The molecule has 2 aromatic rings. The van der Waals surface area contributed by atoms with Crippen LogP contribution in [-0.4, -0.2) is 23.3 Å². The molecule has 1 aromatic carbocycles. The van der Waals surface area contributed by atoms with Gasteiger partial charge in [-0.2, -0.15) is 0 Å². The van der Waals surface area contributed by atoms with Gasteiger partial charge in [-0.15, -0.1) is 0 Å². The lowest BCUT2D eigenvalue weighted by Gasteiger charge is -2.11. The summed E-state index contributed by atoms with van der Waals surface area (Å²) in [5, 5.41) is 1.04. The Kier molecular flexibility index (Phi) is 4.00. The quantitative estimate of drug-likeness (QED) is 0.663. The number of ketones is 1. The number of nitrogens with one attached hydrogen (secondary N) is 1. The number of ether oxygens (including phenoxy) is 1. The number of rotatable bonds is 5. The Labute approximate surface area is 111 Å². The normalized spacial score (nSPS) is 12.3. The van der Waals surface area contributed by atoms with E-state index in [4.69, 9.17) is 4.74 Å². The molecule has 19 heavy (non-hydrogen) atoms. The summed E-state index contributed by atoms with van der Waals surface area (Å²) in [6.07, 6.45) is 2.22. The molecule has 4 heteroatoms. The number of aromatic nitrogens is 1. The highest BCUT2D eigenvalue weighted by Gasteiger charge is 2.25. The van der Waals surface area contributed by atoms with Gasteiger partial charge in [-0.25, -0.2) is 0 Å². The molecule has 0 amide bonds. The van der Waals surface area contributed by atoms with Crippen LogP contribution in [0.3, 0.4) is 0 Å². The lowest BCUT2D eigenvalue weighted by Crippen LogP contribution is -2.26. The third-order valence-corrected chi connectivity index (χ3v) is 3.16. The van der Waals surface area contributed by atoms with Crippen LogP contribution in [0.5, 0.6) is 0 Å². The van der Waals surface area contributed by atoms with E-state index in [0.29, 0.717) is 6.42 Å². The number of esters is 1. The number of H-pyrrole nitrogens is 1. The van der Waals surface area contributed by atoms with Gasteiger partial charge in [0.25, 0.3) is 0 Å². The summed E-state index contributed by atoms with van der Waals surface area (Å²) in [6, 6.07) is 7.82. The van der Waals surface area contributed by atoms with E-state index in [2.05, 4.69) is 4.98 Å². The number of aromatic amines is 1. The first kappa shape index (κ1) is 13.3. The van der Waals surface area contributed by atoms with Crippen LogP contribution in [0.15, 0.2) is 30.5 Å². The third kappa shape index (κ3) is 2.84. The average molecular weight is 259 g/mol. The lowest BCUT2D eigenvalue weighted by atomic mass is 9.96. The Hall–Kier alpha value is -2.10. The first-order chi connectivity index (χ1) is 9.13. The molecule has 0 radical (unpaired) electrons. The third-order valence-electron chi connectivity index (χ3n) is 3.16. The topological polar surface area (TPSA) is 59.2 Å². The monoisotopic (exact) mass is 259 g/mol. The summed E-state index contributed by atoms with van der Waals surface area (Å²) in [7, 11) is 0. The second kappa shape index (κ2) is 5.69. The fraction of sp³-hybridized carbons (Fsp3) is 0.333. The van der Waals surface area contributed by atoms with E-state index in [1.807, 2.05) is 30.5 Å². The molecule has 1 atom stereocenters. The van der Waals surface area contributed by atoms with Crippen molar-refractivity contribution in [3.8, 4) is 0 Å². The van der Waals surface area contributed by atoms with Crippen LogP contribution in [0.4, 0.5) is 0 Å². The molecule has 0 bridgehead atoms. The number of para-hydroxylation sites is 1. The average Bonchev–Trinajstić information content (AvgIpc) is 2.79. The van der Waals surface area contributed by atoms with Crippen LogP contribution in [0, 0.1) is 5.92 Å². The highest BCUT2D eigenvalue weighted by Crippen LogP contribution is 2.21. The highest BCUT2D eigenvalue weighted by atomic mass is 16.5. The first-order valence-electron chi connectivity index (χ1n) is 6.35. The first-order valence-corrected chi connectivity index (χ1v) is 6.35. The van der Waals surface area contributed by atoms with Gasteiger partial charge in [0.05, 0.1) is 6.61 Å². The molecule has 1 aromatic heterocycles. The Morgan fingerprint density at radius 3 is 2.74 bits per heavy atom. The zero-order chi connectivity index (χ0) is 13.8. The highest BCUT2D eigenvalue weighted by molar-refractivity contribution is 5.98. The van der Waals surface area contributed by atoms with E-state index in [9.17, 15) is 9.59 Å². The maximum Gasteiger partial charge on any atom is 0.316 e. The summed E-state index contributed by atoms with van der Waals surface area (Å²) in [5.41, 5.74) is 1.97. The zero-order valence-corrected chi connectivity index (χ0v) is 11.1. The molecule has 0 aliphatic rings. The smallest absolute Gasteiger partial charge is 0.316 e. The van der Waals surface area contributed by atoms with Crippen molar-refractivity contribution in [1.29, 1.82) is 0 Å². The van der Waals surface area contributed by atoms with Crippen LogP contribution in [-0.2, 0) is 20.7 Å². The minimum absolute atomic E-state index is 0.163. The molecular weight excluding hydrogens is 242 g/mol. The molecular formula is C15H17NO3. The number of benzene rings is 1. The van der Waals surface area contributed by atoms with E-state index < -0.39 is 11.9 Å². The summed E-state index contributed by atoms with van der Waals surface area (Å²) in [5.74, 6) is -1.33. The molecule has 0 saturated carbocycles. The number of fused-ring (bicyclic) bond motifs is 1. The fourth-order valence-electron chi connectivity index (χ4n) is 2.16.